The van der Waals surface area contributed by atoms with E-state index < -0.39 is 0 Å². The second-order valence-corrected chi connectivity index (χ2v) is 6.46. The van der Waals surface area contributed by atoms with E-state index in [1.165, 1.54) is 42.1 Å². The SMILES string of the molecule is ClCC(Cc1cccc(Br)c1)CC1CCCC1. The molecule has 2 heteroatoms. The Morgan fingerprint density at radius 1 is 1.29 bits per heavy atom. The quantitative estimate of drug-likeness (QED) is 0.636. The van der Waals surface area contributed by atoms with Crippen LogP contribution in [0.1, 0.15) is 37.7 Å². The van der Waals surface area contributed by atoms with Gasteiger partial charge in [0, 0.05) is 10.4 Å². The molecule has 1 aliphatic rings. The molecule has 1 unspecified atom stereocenters. The lowest BCUT2D eigenvalue weighted by Gasteiger charge is -2.18. The number of hydrogen-bond acceptors (Lipinski definition) is 0. The first-order valence-electron chi connectivity index (χ1n) is 6.58. The van der Waals surface area contributed by atoms with E-state index >= 15 is 0 Å². The molecule has 0 radical (unpaired) electrons. The first kappa shape index (κ1) is 13.4. The third kappa shape index (κ3) is 4.30. The Kier molecular flexibility index (Phi) is 5.37. The molecule has 1 saturated carbocycles. The highest BCUT2D eigenvalue weighted by Crippen LogP contribution is 2.32. The van der Waals surface area contributed by atoms with Gasteiger partial charge in [0.25, 0.3) is 0 Å². The summed E-state index contributed by atoms with van der Waals surface area (Å²) < 4.78 is 1.17. The van der Waals surface area contributed by atoms with Crippen molar-refractivity contribution in [3.63, 3.8) is 0 Å². The minimum atomic E-state index is 0.647. The van der Waals surface area contributed by atoms with Gasteiger partial charge in [-0.25, -0.2) is 0 Å². The molecule has 1 aliphatic carbocycles. The maximum atomic E-state index is 6.12. The molecule has 1 atom stereocenters. The van der Waals surface area contributed by atoms with Gasteiger partial charge in [-0.15, -0.1) is 11.6 Å². The average Bonchev–Trinajstić information content (AvgIpc) is 2.81. The van der Waals surface area contributed by atoms with Crippen LogP contribution in [0.5, 0.6) is 0 Å². The van der Waals surface area contributed by atoms with E-state index in [1.807, 2.05) is 0 Å². The highest BCUT2D eigenvalue weighted by molar-refractivity contribution is 9.10. The molecule has 0 bridgehead atoms. The smallest absolute Gasteiger partial charge is 0.0255 e. The van der Waals surface area contributed by atoms with E-state index in [0.29, 0.717) is 5.92 Å². The second-order valence-electron chi connectivity index (χ2n) is 5.24. The monoisotopic (exact) mass is 314 g/mol. The zero-order valence-corrected chi connectivity index (χ0v) is 12.5. The van der Waals surface area contributed by atoms with Crippen LogP contribution in [-0.4, -0.2) is 5.88 Å². The first-order valence-corrected chi connectivity index (χ1v) is 7.91. The van der Waals surface area contributed by atoms with Crippen molar-refractivity contribution in [1.29, 1.82) is 0 Å². The lowest BCUT2D eigenvalue weighted by molar-refractivity contribution is 0.399. The Balaban J connectivity index is 1.90. The van der Waals surface area contributed by atoms with Crippen LogP contribution in [0.2, 0.25) is 0 Å². The third-order valence-electron chi connectivity index (χ3n) is 3.77. The third-order valence-corrected chi connectivity index (χ3v) is 4.70. The van der Waals surface area contributed by atoms with Crippen LogP contribution in [0, 0.1) is 11.8 Å². The van der Waals surface area contributed by atoms with Gasteiger partial charge in [0.2, 0.25) is 0 Å². The van der Waals surface area contributed by atoms with Gasteiger partial charge in [0.15, 0.2) is 0 Å². The number of alkyl halides is 1. The Bertz CT molecular complexity index is 345. The molecular formula is C15H20BrCl. The van der Waals surface area contributed by atoms with Gasteiger partial charge >= 0.3 is 0 Å². The summed E-state index contributed by atoms with van der Waals surface area (Å²) in [5, 5.41) is 0. The summed E-state index contributed by atoms with van der Waals surface area (Å²) >= 11 is 9.65. The van der Waals surface area contributed by atoms with E-state index in [-0.39, 0.29) is 0 Å². The molecule has 94 valence electrons. The van der Waals surface area contributed by atoms with E-state index in [2.05, 4.69) is 40.2 Å². The van der Waals surface area contributed by atoms with Crippen molar-refractivity contribution < 1.29 is 0 Å². The van der Waals surface area contributed by atoms with Crippen LogP contribution in [0.3, 0.4) is 0 Å². The van der Waals surface area contributed by atoms with Gasteiger partial charge in [0.05, 0.1) is 0 Å². The van der Waals surface area contributed by atoms with Gasteiger partial charge in [-0.05, 0) is 42.4 Å². The van der Waals surface area contributed by atoms with Crippen LogP contribution in [-0.2, 0) is 6.42 Å². The van der Waals surface area contributed by atoms with Crippen molar-refractivity contribution in [3.05, 3.63) is 34.3 Å². The van der Waals surface area contributed by atoms with Crippen molar-refractivity contribution in [2.45, 2.75) is 38.5 Å². The largest absolute Gasteiger partial charge is 0.126 e. The van der Waals surface area contributed by atoms with E-state index in [4.69, 9.17) is 11.6 Å². The van der Waals surface area contributed by atoms with Crippen molar-refractivity contribution in [2.75, 3.05) is 5.88 Å². The molecule has 1 aromatic rings. The molecular weight excluding hydrogens is 296 g/mol. The van der Waals surface area contributed by atoms with E-state index in [9.17, 15) is 0 Å². The maximum absolute atomic E-state index is 6.12. The molecule has 0 heterocycles. The normalized spacial score (nSPS) is 18.5. The van der Waals surface area contributed by atoms with Gasteiger partial charge in [0.1, 0.15) is 0 Å². The molecule has 2 rings (SSSR count). The summed E-state index contributed by atoms with van der Waals surface area (Å²) in [6.07, 6.45) is 8.14. The lowest BCUT2D eigenvalue weighted by atomic mass is 9.90. The second kappa shape index (κ2) is 6.80. The van der Waals surface area contributed by atoms with Crippen LogP contribution >= 0.6 is 27.5 Å². The predicted molar refractivity (Wildman–Crippen MR) is 78.6 cm³/mol. The van der Waals surface area contributed by atoms with Crippen molar-refractivity contribution >= 4 is 27.5 Å². The van der Waals surface area contributed by atoms with Gasteiger partial charge in [-0.3, -0.25) is 0 Å². The average molecular weight is 316 g/mol. The van der Waals surface area contributed by atoms with Crippen molar-refractivity contribution in [1.82, 2.24) is 0 Å². The number of rotatable bonds is 5. The summed E-state index contributed by atoms with van der Waals surface area (Å²) in [6.45, 7) is 0. The molecule has 1 fully saturated rings. The summed E-state index contributed by atoms with van der Waals surface area (Å²) in [5.74, 6) is 2.38. The molecule has 0 amide bonds. The fourth-order valence-electron chi connectivity index (χ4n) is 2.92. The van der Waals surface area contributed by atoms with Gasteiger partial charge < -0.3 is 0 Å². The Morgan fingerprint density at radius 2 is 2.06 bits per heavy atom. The van der Waals surface area contributed by atoms with Crippen LogP contribution < -0.4 is 0 Å². The van der Waals surface area contributed by atoms with Gasteiger partial charge in [-0.2, -0.15) is 0 Å². The Hall–Kier alpha value is -0.0100. The Labute approximate surface area is 118 Å². The summed E-state index contributed by atoms with van der Waals surface area (Å²) in [5.41, 5.74) is 1.41. The summed E-state index contributed by atoms with van der Waals surface area (Å²) in [4.78, 5) is 0. The summed E-state index contributed by atoms with van der Waals surface area (Å²) in [7, 11) is 0. The fraction of sp³-hybridized carbons (Fsp3) is 0.600. The lowest BCUT2D eigenvalue weighted by Crippen LogP contribution is -2.11. The maximum Gasteiger partial charge on any atom is 0.0255 e. The number of benzene rings is 1. The van der Waals surface area contributed by atoms with Gasteiger partial charge in [-0.1, -0.05) is 53.7 Å². The standard InChI is InChI=1S/C15H20BrCl/c16-15-7-3-6-13(10-15)9-14(11-17)8-12-4-1-2-5-12/h3,6-7,10,12,14H,1-2,4-5,8-9,11H2. The zero-order valence-electron chi connectivity index (χ0n) is 10.2. The minimum absolute atomic E-state index is 0.647. The van der Waals surface area contributed by atoms with Crippen molar-refractivity contribution in [2.24, 2.45) is 11.8 Å². The number of halogens is 2. The molecule has 0 N–H and O–H groups in total. The first-order chi connectivity index (χ1) is 8.28. The summed E-state index contributed by atoms with van der Waals surface area (Å²) in [6, 6.07) is 8.61. The zero-order chi connectivity index (χ0) is 12.1. The highest BCUT2D eigenvalue weighted by Gasteiger charge is 2.19. The minimum Gasteiger partial charge on any atom is -0.126 e. The van der Waals surface area contributed by atoms with E-state index in [1.54, 1.807) is 0 Å². The number of hydrogen-bond donors (Lipinski definition) is 0. The molecule has 0 aliphatic heterocycles. The molecule has 0 spiro atoms. The van der Waals surface area contributed by atoms with Crippen molar-refractivity contribution in [3.8, 4) is 0 Å². The van der Waals surface area contributed by atoms with Crippen LogP contribution in [0.15, 0.2) is 28.7 Å². The topological polar surface area (TPSA) is 0 Å². The predicted octanol–water partition coefficient (Wildman–Crippen LogP) is 5.43. The molecule has 1 aromatic carbocycles. The fourth-order valence-corrected chi connectivity index (χ4v) is 3.60. The highest BCUT2D eigenvalue weighted by atomic mass is 79.9. The van der Waals surface area contributed by atoms with Crippen LogP contribution in [0.4, 0.5) is 0 Å². The molecule has 0 saturated heterocycles. The molecule has 0 nitrogen and oxygen atoms in total. The molecule has 17 heavy (non-hydrogen) atoms. The van der Waals surface area contributed by atoms with E-state index in [0.717, 1.165) is 18.2 Å². The van der Waals surface area contributed by atoms with Crippen LogP contribution in [0.25, 0.3) is 0 Å². The molecule has 0 aromatic heterocycles. The Morgan fingerprint density at radius 3 is 2.71 bits per heavy atom.